The van der Waals surface area contributed by atoms with Crippen LogP contribution in [0.2, 0.25) is 0 Å². The molecule has 0 bridgehead atoms. The molecule has 1 aromatic heterocycles. The molecule has 1 rings (SSSR count). The first-order valence-electron chi connectivity index (χ1n) is 6.18. The number of anilines is 2. The standard InChI is InChI=1S/C12H22FN5/c1-8(2)6-18(7-9(3)4)11-10(13)5-15-12(16-11)17-14/h5,8-9H,6-7,14H2,1-4H3,(H,15,16,17). The SMILES string of the molecule is CC(C)CN(CC(C)C)c1nc(NN)ncc1F. The highest BCUT2D eigenvalue weighted by atomic mass is 19.1. The van der Waals surface area contributed by atoms with Crippen molar-refractivity contribution in [1.82, 2.24) is 9.97 Å². The Kier molecular flexibility index (Phi) is 5.27. The third kappa shape index (κ3) is 4.10. The van der Waals surface area contributed by atoms with Gasteiger partial charge in [0.2, 0.25) is 5.95 Å². The van der Waals surface area contributed by atoms with E-state index in [4.69, 9.17) is 5.84 Å². The van der Waals surface area contributed by atoms with Crippen molar-refractivity contribution in [3.05, 3.63) is 12.0 Å². The fourth-order valence-electron chi connectivity index (χ4n) is 1.78. The molecule has 1 aromatic rings. The van der Waals surface area contributed by atoms with Gasteiger partial charge in [0.15, 0.2) is 11.6 Å². The molecule has 6 heteroatoms. The number of hydrogen-bond acceptors (Lipinski definition) is 5. The van der Waals surface area contributed by atoms with Gasteiger partial charge in [-0.05, 0) is 11.8 Å². The summed E-state index contributed by atoms with van der Waals surface area (Å²) in [5, 5.41) is 0. The molecule has 0 radical (unpaired) electrons. The average molecular weight is 255 g/mol. The Labute approximate surface area is 108 Å². The molecule has 0 aliphatic rings. The summed E-state index contributed by atoms with van der Waals surface area (Å²) in [6, 6.07) is 0. The Hall–Kier alpha value is -1.43. The lowest BCUT2D eigenvalue weighted by molar-refractivity contribution is 0.529. The van der Waals surface area contributed by atoms with Crippen LogP contribution in [0.15, 0.2) is 6.20 Å². The van der Waals surface area contributed by atoms with Crippen molar-refractivity contribution < 1.29 is 4.39 Å². The molecule has 0 aliphatic heterocycles. The minimum absolute atomic E-state index is 0.226. The molecule has 0 aliphatic carbocycles. The van der Waals surface area contributed by atoms with Crippen LogP contribution >= 0.6 is 0 Å². The summed E-state index contributed by atoms with van der Waals surface area (Å²) in [5.74, 6) is 6.21. The van der Waals surface area contributed by atoms with Gasteiger partial charge in [0, 0.05) is 13.1 Å². The number of aromatic nitrogens is 2. The van der Waals surface area contributed by atoms with Crippen LogP contribution < -0.4 is 16.2 Å². The van der Waals surface area contributed by atoms with Gasteiger partial charge in [-0.2, -0.15) is 4.98 Å². The van der Waals surface area contributed by atoms with Crippen molar-refractivity contribution in [2.45, 2.75) is 27.7 Å². The highest BCUT2D eigenvalue weighted by Gasteiger charge is 2.17. The van der Waals surface area contributed by atoms with E-state index in [2.05, 4.69) is 43.1 Å². The number of halogens is 1. The molecule has 1 heterocycles. The smallest absolute Gasteiger partial charge is 0.239 e. The van der Waals surface area contributed by atoms with Crippen LogP contribution in [-0.4, -0.2) is 23.1 Å². The van der Waals surface area contributed by atoms with Gasteiger partial charge < -0.3 is 4.90 Å². The quantitative estimate of drug-likeness (QED) is 0.601. The Balaban J connectivity index is 3.02. The van der Waals surface area contributed by atoms with Crippen LogP contribution in [0, 0.1) is 17.7 Å². The van der Waals surface area contributed by atoms with Crippen LogP contribution in [0.3, 0.4) is 0 Å². The molecule has 3 N–H and O–H groups in total. The highest BCUT2D eigenvalue weighted by molar-refractivity contribution is 5.43. The fourth-order valence-corrected chi connectivity index (χ4v) is 1.78. The second-order valence-corrected chi connectivity index (χ2v) is 5.20. The minimum Gasteiger partial charge on any atom is -0.354 e. The summed E-state index contributed by atoms with van der Waals surface area (Å²) in [4.78, 5) is 9.79. The van der Waals surface area contributed by atoms with Crippen LogP contribution in [0.5, 0.6) is 0 Å². The van der Waals surface area contributed by atoms with Crippen molar-refractivity contribution in [2.75, 3.05) is 23.4 Å². The lowest BCUT2D eigenvalue weighted by Crippen LogP contribution is -2.33. The number of hydrogen-bond donors (Lipinski definition) is 2. The number of nitrogens with one attached hydrogen (secondary N) is 1. The van der Waals surface area contributed by atoms with E-state index < -0.39 is 5.82 Å². The molecule has 0 amide bonds. The molecular formula is C12H22FN5. The molecule has 0 saturated carbocycles. The zero-order valence-electron chi connectivity index (χ0n) is 11.4. The molecule has 0 aromatic carbocycles. The summed E-state index contributed by atoms with van der Waals surface area (Å²) in [7, 11) is 0. The van der Waals surface area contributed by atoms with E-state index in [1.54, 1.807) is 0 Å². The van der Waals surface area contributed by atoms with Crippen LogP contribution in [0.1, 0.15) is 27.7 Å². The van der Waals surface area contributed by atoms with Crippen molar-refractivity contribution in [3.8, 4) is 0 Å². The maximum absolute atomic E-state index is 13.8. The second-order valence-electron chi connectivity index (χ2n) is 5.20. The van der Waals surface area contributed by atoms with Crippen molar-refractivity contribution in [2.24, 2.45) is 17.7 Å². The predicted octanol–water partition coefficient (Wildman–Crippen LogP) is 2.02. The van der Waals surface area contributed by atoms with Crippen LogP contribution in [0.25, 0.3) is 0 Å². The summed E-state index contributed by atoms with van der Waals surface area (Å²) < 4.78 is 13.8. The Bertz CT molecular complexity index is 371. The third-order valence-electron chi connectivity index (χ3n) is 2.33. The zero-order chi connectivity index (χ0) is 13.7. The van der Waals surface area contributed by atoms with E-state index in [1.807, 2.05) is 4.90 Å². The lowest BCUT2D eigenvalue weighted by atomic mass is 10.1. The Morgan fingerprint density at radius 1 is 1.28 bits per heavy atom. The maximum Gasteiger partial charge on any atom is 0.239 e. The number of nitrogens with zero attached hydrogens (tertiary/aromatic N) is 3. The fraction of sp³-hybridized carbons (Fsp3) is 0.667. The predicted molar refractivity (Wildman–Crippen MR) is 71.7 cm³/mol. The number of nitrogen functional groups attached to an aromatic ring is 1. The van der Waals surface area contributed by atoms with Crippen molar-refractivity contribution in [3.63, 3.8) is 0 Å². The van der Waals surface area contributed by atoms with E-state index in [-0.39, 0.29) is 5.95 Å². The summed E-state index contributed by atoms with van der Waals surface area (Å²) >= 11 is 0. The van der Waals surface area contributed by atoms with Gasteiger partial charge in [0.25, 0.3) is 0 Å². The van der Waals surface area contributed by atoms with E-state index >= 15 is 0 Å². The average Bonchev–Trinajstić information content (AvgIpc) is 2.27. The van der Waals surface area contributed by atoms with Crippen molar-refractivity contribution in [1.29, 1.82) is 0 Å². The van der Waals surface area contributed by atoms with Crippen molar-refractivity contribution >= 4 is 11.8 Å². The first-order chi connectivity index (χ1) is 8.43. The third-order valence-corrected chi connectivity index (χ3v) is 2.33. The van der Waals surface area contributed by atoms with Gasteiger partial charge >= 0.3 is 0 Å². The van der Waals surface area contributed by atoms with E-state index in [1.165, 1.54) is 0 Å². The molecule has 0 spiro atoms. The largest absolute Gasteiger partial charge is 0.354 e. The molecule has 102 valence electrons. The highest BCUT2D eigenvalue weighted by Crippen LogP contribution is 2.19. The van der Waals surface area contributed by atoms with Crippen LogP contribution in [-0.2, 0) is 0 Å². The number of rotatable bonds is 6. The van der Waals surface area contributed by atoms with Gasteiger partial charge in [0.05, 0.1) is 6.20 Å². The van der Waals surface area contributed by atoms with Gasteiger partial charge in [-0.25, -0.2) is 15.2 Å². The van der Waals surface area contributed by atoms with E-state index in [0.29, 0.717) is 17.7 Å². The van der Waals surface area contributed by atoms with E-state index in [0.717, 1.165) is 19.3 Å². The Morgan fingerprint density at radius 3 is 2.28 bits per heavy atom. The first-order valence-corrected chi connectivity index (χ1v) is 6.18. The lowest BCUT2D eigenvalue weighted by Gasteiger charge is -2.27. The molecule has 0 saturated heterocycles. The number of hydrazine groups is 1. The monoisotopic (exact) mass is 255 g/mol. The summed E-state index contributed by atoms with van der Waals surface area (Å²) in [6.45, 7) is 9.86. The summed E-state index contributed by atoms with van der Waals surface area (Å²) in [6.07, 6.45) is 1.14. The molecule has 18 heavy (non-hydrogen) atoms. The second kappa shape index (κ2) is 6.49. The molecular weight excluding hydrogens is 233 g/mol. The number of nitrogens with two attached hydrogens (primary N) is 1. The first kappa shape index (κ1) is 14.6. The Morgan fingerprint density at radius 2 is 1.83 bits per heavy atom. The topological polar surface area (TPSA) is 67.1 Å². The van der Waals surface area contributed by atoms with Gasteiger partial charge in [0.1, 0.15) is 0 Å². The van der Waals surface area contributed by atoms with Gasteiger partial charge in [-0.3, -0.25) is 5.43 Å². The molecule has 0 fully saturated rings. The summed E-state index contributed by atoms with van der Waals surface area (Å²) in [5.41, 5.74) is 2.34. The normalized spacial score (nSPS) is 11.1. The van der Waals surface area contributed by atoms with Crippen LogP contribution in [0.4, 0.5) is 16.2 Å². The van der Waals surface area contributed by atoms with Gasteiger partial charge in [-0.1, -0.05) is 27.7 Å². The maximum atomic E-state index is 13.8. The molecule has 0 atom stereocenters. The minimum atomic E-state index is -0.421. The van der Waals surface area contributed by atoms with E-state index in [9.17, 15) is 4.39 Å². The zero-order valence-corrected chi connectivity index (χ0v) is 11.4. The molecule has 5 nitrogen and oxygen atoms in total. The van der Waals surface area contributed by atoms with Gasteiger partial charge in [-0.15, -0.1) is 0 Å². The molecule has 0 unspecified atom stereocenters.